The fourth-order valence-electron chi connectivity index (χ4n) is 0.799. The van der Waals surface area contributed by atoms with Gasteiger partial charge in [-0.3, -0.25) is 4.79 Å². The Bertz CT molecular complexity index is 333. The molecule has 0 spiro atoms. The normalized spacial score (nSPS) is 9.50. The number of rotatable bonds is 2. The summed E-state index contributed by atoms with van der Waals surface area (Å²) in [5.74, 6) is -0.936. The lowest BCUT2D eigenvalue weighted by Crippen LogP contribution is -1.97. The first kappa shape index (κ1) is 9.13. The van der Waals surface area contributed by atoms with Crippen LogP contribution in [0.5, 0.6) is 0 Å². The summed E-state index contributed by atoms with van der Waals surface area (Å²) in [6.45, 7) is 3.27. The molecule has 62 valence electrons. The third-order valence-corrected chi connectivity index (χ3v) is 1.88. The smallest absolute Gasteiger partial charge is 0.188 e. The molecule has 0 saturated carbocycles. The molecular weight excluding hydrogens is 223 g/mol. The van der Waals surface area contributed by atoms with E-state index in [4.69, 9.17) is 0 Å². The minimum absolute atomic E-state index is 0.0493. The summed E-state index contributed by atoms with van der Waals surface area (Å²) in [4.78, 5) is 11.0. The van der Waals surface area contributed by atoms with Crippen LogP contribution in [0.25, 0.3) is 0 Å². The molecule has 0 fully saturated rings. The van der Waals surface area contributed by atoms with E-state index in [1.807, 2.05) is 0 Å². The van der Waals surface area contributed by atoms with Gasteiger partial charge in [0.25, 0.3) is 0 Å². The van der Waals surface area contributed by atoms with Gasteiger partial charge >= 0.3 is 0 Å². The van der Waals surface area contributed by atoms with E-state index >= 15 is 0 Å². The molecule has 1 aromatic carbocycles. The fraction of sp³-hybridized carbons (Fsp3) is 0. The van der Waals surface area contributed by atoms with Gasteiger partial charge in [0.2, 0.25) is 0 Å². The largest absolute Gasteiger partial charge is 0.289 e. The van der Waals surface area contributed by atoms with Crippen LogP contribution >= 0.6 is 15.9 Å². The summed E-state index contributed by atoms with van der Waals surface area (Å²) in [5.41, 5.74) is 0.0493. The van der Waals surface area contributed by atoms with Crippen molar-refractivity contribution < 1.29 is 9.18 Å². The first-order valence-corrected chi connectivity index (χ1v) is 4.06. The molecule has 0 bridgehead atoms. The molecule has 0 aliphatic rings. The molecule has 0 aliphatic carbocycles. The zero-order valence-electron chi connectivity index (χ0n) is 6.18. The number of benzene rings is 1. The number of halogens is 2. The third kappa shape index (κ3) is 1.80. The second-order valence-electron chi connectivity index (χ2n) is 2.19. The van der Waals surface area contributed by atoms with Crippen LogP contribution in [0.15, 0.2) is 35.3 Å². The second kappa shape index (κ2) is 3.63. The van der Waals surface area contributed by atoms with Crippen molar-refractivity contribution in [1.82, 2.24) is 0 Å². The highest BCUT2D eigenvalue weighted by Gasteiger charge is 2.07. The van der Waals surface area contributed by atoms with Crippen molar-refractivity contribution in [3.8, 4) is 0 Å². The molecule has 0 N–H and O–H groups in total. The molecule has 12 heavy (non-hydrogen) atoms. The maximum atomic E-state index is 13.0. The minimum Gasteiger partial charge on any atom is -0.289 e. The SMILES string of the molecule is C=CC(=O)c1ccc(Br)cc1F. The summed E-state index contributed by atoms with van der Waals surface area (Å²) in [6.07, 6.45) is 1.09. The van der Waals surface area contributed by atoms with Gasteiger partial charge in [-0.05, 0) is 24.3 Å². The van der Waals surface area contributed by atoms with Crippen LogP contribution in [0.4, 0.5) is 4.39 Å². The first-order valence-electron chi connectivity index (χ1n) is 3.27. The van der Waals surface area contributed by atoms with Crippen LogP contribution in [0.3, 0.4) is 0 Å². The van der Waals surface area contributed by atoms with Gasteiger partial charge in [-0.1, -0.05) is 22.5 Å². The van der Waals surface area contributed by atoms with Crippen molar-refractivity contribution in [2.75, 3.05) is 0 Å². The number of carbonyl (C=O) groups excluding carboxylic acids is 1. The Morgan fingerprint density at radius 2 is 2.25 bits per heavy atom. The summed E-state index contributed by atoms with van der Waals surface area (Å²) >= 11 is 3.09. The van der Waals surface area contributed by atoms with Crippen LogP contribution < -0.4 is 0 Å². The van der Waals surface area contributed by atoms with E-state index in [1.54, 1.807) is 6.07 Å². The molecule has 1 nitrogen and oxygen atoms in total. The molecule has 0 heterocycles. The van der Waals surface area contributed by atoms with Crippen LogP contribution in [-0.4, -0.2) is 5.78 Å². The van der Waals surface area contributed by atoms with E-state index < -0.39 is 11.6 Å². The molecule has 0 atom stereocenters. The lowest BCUT2D eigenvalue weighted by molar-refractivity contribution is 0.104. The fourth-order valence-corrected chi connectivity index (χ4v) is 1.13. The average Bonchev–Trinajstić information content (AvgIpc) is 2.03. The predicted octanol–water partition coefficient (Wildman–Crippen LogP) is 2.96. The van der Waals surface area contributed by atoms with Crippen molar-refractivity contribution >= 4 is 21.7 Å². The highest BCUT2D eigenvalue weighted by molar-refractivity contribution is 9.10. The molecule has 0 aromatic heterocycles. The predicted molar refractivity (Wildman–Crippen MR) is 48.6 cm³/mol. The number of hydrogen-bond donors (Lipinski definition) is 0. The van der Waals surface area contributed by atoms with Crippen molar-refractivity contribution in [2.45, 2.75) is 0 Å². The van der Waals surface area contributed by atoms with Crippen LogP contribution in [-0.2, 0) is 0 Å². The summed E-state index contributed by atoms with van der Waals surface area (Å²) in [6, 6.07) is 4.28. The van der Waals surface area contributed by atoms with Gasteiger partial charge in [-0.15, -0.1) is 0 Å². The molecule has 0 saturated heterocycles. The minimum atomic E-state index is -0.533. The number of allylic oxidation sites excluding steroid dienone is 1. The highest BCUT2D eigenvalue weighted by Crippen LogP contribution is 2.15. The molecule has 0 radical (unpaired) electrons. The standard InChI is InChI=1S/C9H6BrFO/c1-2-9(12)7-4-3-6(10)5-8(7)11/h2-5H,1H2. The van der Waals surface area contributed by atoms with E-state index in [1.165, 1.54) is 12.1 Å². The highest BCUT2D eigenvalue weighted by atomic mass is 79.9. The monoisotopic (exact) mass is 228 g/mol. The Morgan fingerprint density at radius 1 is 1.58 bits per heavy atom. The van der Waals surface area contributed by atoms with Crippen molar-refractivity contribution in [1.29, 1.82) is 0 Å². The van der Waals surface area contributed by atoms with Crippen LogP contribution in [0.2, 0.25) is 0 Å². The Balaban J connectivity index is 3.18. The van der Waals surface area contributed by atoms with Gasteiger partial charge in [-0.2, -0.15) is 0 Å². The number of ketones is 1. The number of hydrogen-bond acceptors (Lipinski definition) is 1. The lowest BCUT2D eigenvalue weighted by Gasteiger charge is -1.97. The first-order chi connectivity index (χ1) is 5.65. The van der Waals surface area contributed by atoms with Gasteiger partial charge in [0.05, 0.1) is 5.56 Å². The second-order valence-corrected chi connectivity index (χ2v) is 3.11. The van der Waals surface area contributed by atoms with E-state index in [0.29, 0.717) is 4.47 Å². The zero-order chi connectivity index (χ0) is 9.14. The van der Waals surface area contributed by atoms with Gasteiger partial charge < -0.3 is 0 Å². The Kier molecular flexibility index (Phi) is 2.76. The van der Waals surface area contributed by atoms with E-state index in [9.17, 15) is 9.18 Å². The maximum absolute atomic E-state index is 13.0. The van der Waals surface area contributed by atoms with Gasteiger partial charge in [0, 0.05) is 4.47 Å². The van der Waals surface area contributed by atoms with Crippen LogP contribution in [0.1, 0.15) is 10.4 Å². The van der Waals surface area contributed by atoms with Crippen molar-refractivity contribution in [3.05, 3.63) is 46.7 Å². The quantitative estimate of drug-likeness (QED) is 0.562. The molecular formula is C9H6BrFO. The van der Waals surface area contributed by atoms with Gasteiger partial charge in [0.15, 0.2) is 5.78 Å². The number of carbonyl (C=O) groups is 1. The lowest BCUT2D eigenvalue weighted by atomic mass is 10.1. The maximum Gasteiger partial charge on any atom is 0.188 e. The summed E-state index contributed by atoms with van der Waals surface area (Å²) in [7, 11) is 0. The molecule has 1 aromatic rings. The Hall–Kier alpha value is -0.960. The van der Waals surface area contributed by atoms with Gasteiger partial charge in [-0.25, -0.2) is 4.39 Å². The van der Waals surface area contributed by atoms with E-state index in [0.717, 1.165) is 6.08 Å². The molecule has 1 rings (SSSR count). The van der Waals surface area contributed by atoms with Crippen molar-refractivity contribution in [3.63, 3.8) is 0 Å². The summed E-state index contributed by atoms with van der Waals surface area (Å²) < 4.78 is 13.6. The van der Waals surface area contributed by atoms with Crippen LogP contribution in [0, 0.1) is 5.82 Å². The molecule has 0 amide bonds. The Morgan fingerprint density at radius 3 is 2.75 bits per heavy atom. The molecule has 0 unspecified atom stereocenters. The third-order valence-electron chi connectivity index (χ3n) is 1.38. The van der Waals surface area contributed by atoms with Gasteiger partial charge in [0.1, 0.15) is 5.82 Å². The van der Waals surface area contributed by atoms with E-state index in [-0.39, 0.29) is 5.56 Å². The zero-order valence-corrected chi connectivity index (χ0v) is 7.77. The van der Waals surface area contributed by atoms with Crippen molar-refractivity contribution in [2.24, 2.45) is 0 Å². The van der Waals surface area contributed by atoms with E-state index in [2.05, 4.69) is 22.5 Å². The Labute approximate surface area is 78.0 Å². The molecule has 3 heteroatoms. The summed E-state index contributed by atoms with van der Waals surface area (Å²) in [5, 5.41) is 0. The average molecular weight is 229 g/mol. The topological polar surface area (TPSA) is 17.1 Å². The molecule has 0 aliphatic heterocycles.